The molecule has 124 valence electrons. The molecule has 3 rings (SSSR count). The summed E-state index contributed by atoms with van der Waals surface area (Å²) >= 11 is 0. The number of rotatable bonds is 4. The number of likely N-dealkylation sites (tertiary alicyclic amines) is 1. The van der Waals surface area contributed by atoms with E-state index in [0.29, 0.717) is 6.54 Å². The van der Waals surface area contributed by atoms with Crippen molar-refractivity contribution >= 4 is 17.6 Å². The van der Waals surface area contributed by atoms with Gasteiger partial charge in [0.1, 0.15) is 0 Å². The molecule has 2 aliphatic rings. The molecule has 1 aromatic heterocycles. The maximum Gasteiger partial charge on any atom is 0.296 e. The van der Waals surface area contributed by atoms with Gasteiger partial charge in [0.15, 0.2) is 5.76 Å². The van der Waals surface area contributed by atoms with Crippen LogP contribution in [0, 0.1) is 0 Å². The number of amides is 2. The number of nitrogens with one attached hydrogen (secondary N) is 1. The predicted octanol–water partition coefficient (Wildman–Crippen LogP) is 1.90. The second-order valence-corrected chi connectivity index (χ2v) is 6.37. The molecule has 1 saturated heterocycles. The molecule has 2 heterocycles. The molecular formula is C17H22N2O4. The van der Waals surface area contributed by atoms with E-state index >= 15 is 0 Å². The molecule has 0 radical (unpaired) electrons. The average Bonchev–Trinajstić information content (AvgIpc) is 3.10. The summed E-state index contributed by atoms with van der Waals surface area (Å²) in [5.74, 6) is -1.31. The minimum absolute atomic E-state index is 0.0208. The van der Waals surface area contributed by atoms with Crippen molar-refractivity contribution < 1.29 is 18.8 Å². The van der Waals surface area contributed by atoms with Crippen molar-refractivity contribution in [3.8, 4) is 0 Å². The van der Waals surface area contributed by atoms with E-state index in [9.17, 15) is 14.4 Å². The Labute approximate surface area is 135 Å². The Balaban J connectivity index is 1.57. The van der Waals surface area contributed by atoms with Crippen LogP contribution in [-0.2, 0) is 9.59 Å². The van der Waals surface area contributed by atoms with Gasteiger partial charge in [0.25, 0.3) is 11.7 Å². The normalized spacial score (nSPS) is 22.9. The molecule has 1 N–H and O–H groups in total. The zero-order chi connectivity index (χ0) is 16.2. The number of hydrogen-bond donors (Lipinski definition) is 1. The summed E-state index contributed by atoms with van der Waals surface area (Å²) in [6.45, 7) is 0.501. The number of hydrogen-bond acceptors (Lipinski definition) is 4. The van der Waals surface area contributed by atoms with E-state index in [4.69, 9.17) is 4.42 Å². The zero-order valence-corrected chi connectivity index (χ0v) is 13.1. The molecule has 1 aliphatic carbocycles. The number of Topliss-reactive ketones (excluding diaryl/α,β-unsaturated/α-hetero) is 1. The molecule has 2 amide bonds. The van der Waals surface area contributed by atoms with Crippen molar-refractivity contribution in [2.24, 2.45) is 0 Å². The number of nitrogens with zero attached hydrogens (tertiary/aromatic N) is 1. The van der Waals surface area contributed by atoms with Gasteiger partial charge in [-0.25, -0.2) is 0 Å². The van der Waals surface area contributed by atoms with Gasteiger partial charge in [0.05, 0.1) is 12.3 Å². The second kappa shape index (κ2) is 6.98. The maximum atomic E-state index is 12.2. The Morgan fingerprint density at radius 1 is 1.17 bits per heavy atom. The molecular weight excluding hydrogens is 296 g/mol. The van der Waals surface area contributed by atoms with Crippen LogP contribution in [0.15, 0.2) is 22.8 Å². The smallest absolute Gasteiger partial charge is 0.296 e. The number of ketones is 1. The molecule has 6 nitrogen and oxygen atoms in total. The van der Waals surface area contributed by atoms with Gasteiger partial charge in [-0.1, -0.05) is 25.7 Å². The standard InChI is InChI=1S/C17H22N2O4/c20-15-10-12(11-19(15)13-6-3-1-2-4-7-13)18-17(22)16(21)14-8-5-9-23-14/h5,8-9,12-13H,1-4,6-7,10-11H2,(H,18,22). The molecule has 1 atom stereocenters. The average molecular weight is 318 g/mol. The molecule has 6 heteroatoms. The molecule has 1 unspecified atom stereocenters. The molecule has 0 bridgehead atoms. The van der Waals surface area contributed by atoms with Crippen molar-refractivity contribution in [2.75, 3.05) is 6.54 Å². The molecule has 2 fully saturated rings. The fourth-order valence-electron chi connectivity index (χ4n) is 3.52. The van der Waals surface area contributed by atoms with E-state index < -0.39 is 11.7 Å². The Bertz CT molecular complexity index is 573. The van der Waals surface area contributed by atoms with Crippen molar-refractivity contribution in [3.05, 3.63) is 24.2 Å². The first-order chi connectivity index (χ1) is 11.1. The first kappa shape index (κ1) is 15.8. The van der Waals surface area contributed by atoms with Crippen LogP contribution in [0.25, 0.3) is 0 Å². The fraction of sp³-hybridized carbons (Fsp3) is 0.588. The predicted molar refractivity (Wildman–Crippen MR) is 82.8 cm³/mol. The van der Waals surface area contributed by atoms with Crippen molar-refractivity contribution in [1.82, 2.24) is 10.2 Å². The third-order valence-electron chi connectivity index (χ3n) is 4.71. The molecule has 1 aromatic rings. The summed E-state index contributed by atoms with van der Waals surface area (Å²) in [6.07, 6.45) is 8.48. The largest absolute Gasteiger partial charge is 0.461 e. The van der Waals surface area contributed by atoms with Gasteiger partial charge in [-0.15, -0.1) is 0 Å². The first-order valence-electron chi connectivity index (χ1n) is 8.33. The quantitative estimate of drug-likeness (QED) is 0.522. The van der Waals surface area contributed by atoms with E-state index in [1.165, 1.54) is 25.2 Å². The lowest BCUT2D eigenvalue weighted by Gasteiger charge is -2.27. The van der Waals surface area contributed by atoms with Crippen LogP contribution in [0.3, 0.4) is 0 Å². The van der Waals surface area contributed by atoms with Crippen LogP contribution in [0.4, 0.5) is 0 Å². The number of carbonyl (C=O) groups is 3. The Hall–Kier alpha value is -2.11. The summed E-state index contributed by atoms with van der Waals surface area (Å²) < 4.78 is 4.94. The lowest BCUT2D eigenvalue weighted by Crippen LogP contribution is -2.42. The number of furan rings is 1. The Morgan fingerprint density at radius 2 is 1.91 bits per heavy atom. The third-order valence-corrected chi connectivity index (χ3v) is 4.71. The summed E-state index contributed by atoms with van der Waals surface area (Å²) in [4.78, 5) is 38.0. The van der Waals surface area contributed by atoms with Gasteiger partial charge >= 0.3 is 0 Å². The van der Waals surface area contributed by atoms with Gasteiger partial charge in [-0.3, -0.25) is 14.4 Å². The van der Waals surface area contributed by atoms with Crippen LogP contribution < -0.4 is 5.32 Å². The first-order valence-corrected chi connectivity index (χ1v) is 8.33. The Morgan fingerprint density at radius 3 is 2.57 bits per heavy atom. The SMILES string of the molecule is O=C(NC1CC(=O)N(C2CCCCCC2)C1)C(=O)c1ccco1. The summed E-state index contributed by atoms with van der Waals surface area (Å²) in [5, 5.41) is 2.67. The second-order valence-electron chi connectivity index (χ2n) is 6.37. The minimum atomic E-state index is -0.708. The van der Waals surface area contributed by atoms with Gasteiger partial charge in [-0.05, 0) is 25.0 Å². The summed E-state index contributed by atoms with van der Waals surface area (Å²) in [5.41, 5.74) is 0. The topological polar surface area (TPSA) is 79.6 Å². The van der Waals surface area contributed by atoms with E-state index in [0.717, 1.165) is 25.7 Å². The van der Waals surface area contributed by atoms with Crippen molar-refractivity contribution in [1.29, 1.82) is 0 Å². The lowest BCUT2D eigenvalue weighted by atomic mass is 10.1. The van der Waals surface area contributed by atoms with E-state index in [1.807, 2.05) is 4.90 Å². The van der Waals surface area contributed by atoms with Crippen molar-refractivity contribution in [2.45, 2.75) is 57.0 Å². The van der Waals surface area contributed by atoms with Crippen molar-refractivity contribution in [3.63, 3.8) is 0 Å². The highest BCUT2D eigenvalue weighted by Crippen LogP contribution is 2.25. The van der Waals surface area contributed by atoms with Crippen LogP contribution >= 0.6 is 0 Å². The Kier molecular flexibility index (Phi) is 4.79. The third kappa shape index (κ3) is 3.63. The minimum Gasteiger partial charge on any atom is -0.461 e. The van der Waals surface area contributed by atoms with Gasteiger partial charge in [0, 0.05) is 19.0 Å². The highest BCUT2D eigenvalue weighted by molar-refractivity contribution is 6.42. The summed E-state index contributed by atoms with van der Waals surface area (Å²) in [6, 6.07) is 3.01. The molecule has 23 heavy (non-hydrogen) atoms. The highest BCUT2D eigenvalue weighted by atomic mass is 16.3. The van der Waals surface area contributed by atoms with Gasteiger partial charge in [0.2, 0.25) is 5.91 Å². The van der Waals surface area contributed by atoms with Crippen LogP contribution in [0.1, 0.15) is 55.5 Å². The van der Waals surface area contributed by atoms with Crippen LogP contribution in [0.5, 0.6) is 0 Å². The summed E-state index contributed by atoms with van der Waals surface area (Å²) in [7, 11) is 0. The molecule has 1 saturated carbocycles. The number of carbonyl (C=O) groups excluding carboxylic acids is 3. The molecule has 0 aromatic carbocycles. The van der Waals surface area contributed by atoms with Gasteiger partial charge in [-0.2, -0.15) is 0 Å². The van der Waals surface area contributed by atoms with E-state index in [1.54, 1.807) is 6.07 Å². The molecule has 1 aliphatic heterocycles. The lowest BCUT2D eigenvalue weighted by molar-refractivity contribution is -0.129. The van der Waals surface area contributed by atoms with Crippen LogP contribution in [-0.4, -0.2) is 41.1 Å². The molecule has 0 spiro atoms. The monoisotopic (exact) mass is 318 g/mol. The van der Waals surface area contributed by atoms with E-state index in [2.05, 4.69) is 5.32 Å². The fourth-order valence-corrected chi connectivity index (χ4v) is 3.52. The van der Waals surface area contributed by atoms with Gasteiger partial charge < -0.3 is 14.6 Å². The van der Waals surface area contributed by atoms with Crippen LogP contribution in [0.2, 0.25) is 0 Å². The zero-order valence-electron chi connectivity index (χ0n) is 13.1. The van der Waals surface area contributed by atoms with E-state index in [-0.39, 0.29) is 30.2 Å². The maximum absolute atomic E-state index is 12.2. The highest BCUT2D eigenvalue weighted by Gasteiger charge is 2.36.